The minimum Gasteiger partial charge on any atom is -0.465 e. The number of esters is 1. The van der Waals surface area contributed by atoms with Gasteiger partial charge in [-0.3, -0.25) is 10.1 Å². The van der Waals surface area contributed by atoms with Crippen molar-refractivity contribution in [2.75, 3.05) is 12.4 Å². The van der Waals surface area contributed by atoms with E-state index in [1.165, 1.54) is 19.2 Å². The van der Waals surface area contributed by atoms with Crippen molar-refractivity contribution >= 4 is 28.9 Å². The molecule has 0 unspecified atom stereocenters. The molecule has 0 aromatic heterocycles. The van der Waals surface area contributed by atoms with Gasteiger partial charge in [0.15, 0.2) is 0 Å². The molecule has 6 nitrogen and oxygen atoms in total. The van der Waals surface area contributed by atoms with Gasteiger partial charge in [-0.25, -0.2) is 4.79 Å². The minimum atomic E-state index is -0.499. The zero-order valence-electron chi connectivity index (χ0n) is 11.7. The number of hydrogen-bond donors (Lipinski definition) is 1. The second kappa shape index (κ2) is 6.91. The molecule has 2 aromatic rings. The van der Waals surface area contributed by atoms with E-state index in [2.05, 4.69) is 10.1 Å². The third-order valence-corrected chi connectivity index (χ3v) is 3.33. The standard InChI is InChI=1S/C15H13ClN2O4/c1-22-15(19)11-4-2-10(3-5-11)9-17-14-7-6-12(18(20)21)8-13(14)16/h2-8,17H,9H2,1H3. The lowest BCUT2D eigenvalue weighted by molar-refractivity contribution is -0.384. The number of nitrogens with one attached hydrogen (secondary N) is 1. The van der Waals surface area contributed by atoms with Crippen molar-refractivity contribution < 1.29 is 14.5 Å². The number of rotatable bonds is 5. The Morgan fingerprint density at radius 1 is 1.27 bits per heavy atom. The van der Waals surface area contributed by atoms with Gasteiger partial charge in [0, 0.05) is 18.7 Å². The molecule has 2 rings (SSSR count). The van der Waals surface area contributed by atoms with E-state index in [-0.39, 0.29) is 10.7 Å². The van der Waals surface area contributed by atoms with Crippen molar-refractivity contribution in [2.24, 2.45) is 0 Å². The number of anilines is 1. The van der Waals surface area contributed by atoms with Gasteiger partial charge >= 0.3 is 5.97 Å². The Bertz CT molecular complexity index is 701. The van der Waals surface area contributed by atoms with Crippen molar-refractivity contribution in [1.82, 2.24) is 0 Å². The van der Waals surface area contributed by atoms with Crippen LogP contribution >= 0.6 is 11.6 Å². The van der Waals surface area contributed by atoms with Gasteiger partial charge in [0.25, 0.3) is 5.69 Å². The second-order valence-electron chi connectivity index (χ2n) is 4.46. The summed E-state index contributed by atoms with van der Waals surface area (Å²) in [6.45, 7) is 0.471. The number of halogens is 1. The van der Waals surface area contributed by atoms with Gasteiger partial charge in [-0.1, -0.05) is 23.7 Å². The molecule has 114 valence electrons. The third kappa shape index (κ3) is 3.73. The van der Waals surface area contributed by atoms with E-state index >= 15 is 0 Å². The molecular weight excluding hydrogens is 308 g/mol. The van der Waals surface area contributed by atoms with Crippen molar-refractivity contribution in [3.8, 4) is 0 Å². The van der Waals surface area contributed by atoms with Gasteiger partial charge in [0.2, 0.25) is 0 Å². The lowest BCUT2D eigenvalue weighted by Gasteiger charge is -2.09. The first kappa shape index (κ1) is 15.8. The highest BCUT2D eigenvalue weighted by Gasteiger charge is 2.09. The van der Waals surface area contributed by atoms with Gasteiger partial charge in [-0.15, -0.1) is 0 Å². The van der Waals surface area contributed by atoms with Crippen LogP contribution in [0, 0.1) is 10.1 Å². The SMILES string of the molecule is COC(=O)c1ccc(CNc2ccc([N+](=O)[O-])cc2Cl)cc1. The summed E-state index contributed by atoms with van der Waals surface area (Å²) in [4.78, 5) is 21.5. The Morgan fingerprint density at radius 2 is 1.95 bits per heavy atom. The number of nitro benzene ring substituents is 1. The lowest BCUT2D eigenvalue weighted by atomic mass is 10.1. The number of non-ortho nitro benzene ring substituents is 1. The molecule has 0 atom stereocenters. The molecule has 0 aliphatic rings. The molecule has 7 heteroatoms. The molecule has 0 amide bonds. The molecular formula is C15H13ClN2O4. The van der Waals surface area contributed by atoms with Crippen LogP contribution in [0.5, 0.6) is 0 Å². The number of carbonyl (C=O) groups excluding carboxylic acids is 1. The number of nitrogens with zero attached hydrogens (tertiary/aromatic N) is 1. The van der Waals surface area contributed by atoms with E-state index in [9.17, 15) is 14.9 Å². The number of hydrogen-bond acceptors (Lipinski definition) is 5. The number of benzene rings is 2. The summed E-state index contributed by atoms with van der Waals surface area (Å²) in [6, 6.07) is 11.2. The molecule has 0 aliphatic carbocycles. The average molecular weight is 321 g/mol. The molecule has 0 radical (unpaired) electrons. The molecule has 0 bridgehead atoms. The van der Waals surface area contributed by atoms with Gasteiger partial charge in [-0.05, 0) is 23.8 Å². The normalized spacial score (nSPS) is 10.1. The van der Waals surface area contributed by atoms with Crippen LogP contribution in [0.1, 0.15) is 15.9 Å². The van der Waals surface area contributed by atoms with Crippen LogP contribution in [0.2, 0.25) is 5.02 Å². The summed E-state index contributed by atoms with van der Waals surface area (Å²) in [5.74, 6) is -0.391. The zero-order chi connectivity index (χ0) is 16.1. The van der Waals surface area contributed by atoms with Crippen molar-refractivity contribution in [3.05, 3.63) is 68.7 Å². The highest BCUT2D eigenvalue weighted by molar-refractivity contribution is 6.33. The van der Waals surface area contributed by atoms with E-state index in [0.717, 1.165) is 5.56 Å². The summed E-state index contributed by atoms with van der Waals surface area (Å²) in [6.07, 6.45) is 0. The molecule has 0 saturated heterocycles. The molecule has 2 aromatic carbocycles. The van der Waals surface area contributed by atoms with Crippen LogP contribution in [0.25, 0.3) is 0 Å². The molecule has 1 N–H and O–H groups in total. The predicted octanol–water partition coefficient (Wildman–Crippen LogP) is 3.65. The highest BCUT2D eigenvalue weighted by atomic mass is 35.5. The topological polar surface area (TPSA) is 81.5 Å². The van der Waals surface area contributed by atoms with Crippen molar-refractivity contribution in [1.29, 1.82) is 0 Å². The van der Waals surface area contributed by atoms with E-state index in [1.807, 2.05) is 0 Å². The fourth-order valence-electron chi connectivity index (χ4n) is 1.83. The third-order valence-electron chi connectivity index (χ3n) is 3.02. The summed E-state index contributed by atoms with van der Waals surface area (Å²) < 4.78 is 4.62. The predicted molar refractivity (Wildman–Crippen MR) is 83.2 cm³/mol. The first-order valence-electron chi connectivity index (χ1n) is 6.36. The molecule has 0 aliphatic heterocycles. The molecule has 0 saturated carbocycles. The molecule has 0 heterocycles. The summed E-state index contributed by atoms with van der Waals surface area (Å²) in [5.41, 5.74) is 1.95. The van der Waals surface area contributed by atoms with Crippen LogP contribution in [-0.4, -0.2) is 18.0 Å². The Balaban J connectivity index is 2.04. The van der Waals surface area contributed by atoms with Gasteiger partial charge in [-0.2, -0.15) is 0 Å². The van der Waals surface area contributed by atoms with E-state index in [0.29, 0.717) is 17.8 Å². The minimum absolute atomic E-state index is 0.0574. The fraction of sp³-hybridized carbons (Fsp3) is 0.133. The second-order valence-corrected chi connectivity index (χ2v) is 4.87. The smallest absolute Gasteiger partial charge is 0.337 e. The largest absolute Gasteiger partial charge is 0.465 e. The Labute approximate surface area is 131 Å². The quantitative estimate of drug-likeness (QED) is 0.516. The van der Waals surface area contributed by atoms with Crippen LogP contribution in [-0.2, 0) is 11.3 Å². The highest BCUT2D eigenvalue weighted by Crippen LogP contribution is 2.27. The summed E-state index contributed by atoms with van der Waals surface area (Å²) >= 11 is 6.00. The molecule has 22 heavy (non-hydrogen) atoms. The number of carbonyl (C=O) groups is 1. The van der Waals surface area contributed by atoms with Crippen molar-refractivity contribution in [3.63, 3.8) is 0 Å². The maximum atomic E-state index is 11.3. The van der Waals surface area contributed by atoms with Crippen LogP contribution < -0.4 is 5.32 Å². The van der Waals surface area contributed by atoms with Crippen LogP contribution in [0.4, 0.5) is 11.4 Å². The summed E-state index contributed by atoms with van der Waals surface area (Å²) in [7, 11) is 1.33. The van der Waals surface area contributed by atoms with Crippen LogP contribution in [0.3, 0.4) is 0 Å². The lowest BCUT2D eigenvalue weighted by Crippen LogP contribution is -2.03. The average Bonchev–Trinajstić information content (AvgIpc) is 2.53. The Morgan fingerprint density at radius 3 is 2.50 bits per heavy atom. The zero-order valence-corrected chi connectivity index (χ0v) is 12.5. The Hall–Kier alpha value is -2.60. The molecule has 0 fully saturated rings. The number of nitro groups is 1. The Kier molecular flexibility index (Phi) is 4.95. The number of methoxy groups -OCH3 is 1. The number of ether oxygens (including phenoxy) is 1. The van der Waals surface area contributed by atoms with Crippen molar-refractivity contribution in [2.45, 2.75) is 6.54 Å². The monoisotopic (exact) mass is 320 g/mol. The van der Waals surface area contributed by atoms with Gasteiger partial charge in [0.05, 0.1) is 28.3 Å². The van der Waals surface area contributed by atoms with Crippen LogP contribution in [0.15, 0.2) is 42.5 Å². The van der Waals surface area contributed by atoms with Gasteiger partial charge < -0.3 is 10.1 Å². The van der Waals surface area contributed by atoms with Gasteiger partial charge in [0.1, 0.15) is 0 Å². The first-order chi connectivity index (χ1) is 10.5. The van der Waals surface area contributed by atoms with E-state index in [1.54, 1.807) is 30.3 Å². The van der Waals surface area contributed by atoms with E-state index < -0.39 is 10.9 Å². The fourth-order valence-corrected chi connectivity index (χ4v) is 2.08. The maximum absolute atomic E-state index is 11.3. The molecule has 0 spiro atoms. The maximum Gasteiger partial charge on any atom is 0.337 e. The van der Waals surface area contributed by atoms with E-state index in [4.69, 9.17) is 11.6 Å². The summed E-state index contributed by atoms with van der Waals surface area (Å²) in [5, 5.41) is 14.0. The first-order valence-corrected chi connectivity index (χ1v) is 6.74.